The Morgan fingerprint density at radius 1 is 0.918 bits per heavy atom. The van der Waals surface area contributed by atoms with Gasteiger partial charge in [-0.2, -0.15) is 48.5 Å². The number of pyridine rings is 1. The molecule has 0 N–H and O–H groups in total. The van der Waals surface area contributed by atoms with Gasteiger partial charge >= 0.3 is 35.4 Å². The van der Waals surface area contributed by atoms with Crippen LogP contribution in [0.2, 0.25) is 0 Å². The average Bonchev–Trinajstić information content (AvgIpc) is 3.69. The molecule has 4 heterocycles. The topological polar surface area (TPSA) is 62.5 Å². The van der Waals surface area contributed by atoms with Gasteiger partial charge < -0.3 is 14.6 Å². The number of ketones is 1. The summed E-state index contributed by atoms with van der Waals surface area (Å²) in [7, 11) is 0. The van der Waals surface area contributed by atoms with Crippen LogP contribution in [-0.2, 0) is 20.7 Å². The van der Waals surface area contributed by atoms with E-state index in [1.807, 2.05) is 0 Å². The highest BCUT2D eigenvalue weighted by Crippen LogP contribution is 2.63. The largest absolute Gasteiger partial charge is 0.867 e. The highest BCUT2D eigenvalue weighted by Gasteiger charge is 2.81. The Morgan fingerprint density at radius 2 is 1.57 bits per heavy atom. The molecular formula is C31H22F11NO4S2. The second kappa shape index (κ2) is 11.9. The summed E-state index contributed by atoms with van der Waals surface area (Å²) in [4.78, 5) is 12.8. The molecule has 264 valence electrons. The van der Waals surface area contributed by atoms with Gasteiger partial charge in [-0.15, -0.1) is 22.7 Å². The number of Topliss-reactive ketones (excluding diaryl/α,β-unsaturated/α-hetero) is 1. The normalized spacial score (nSPS) is 23.9. The number of halogens is 11. The fourth-order valence-corrected chi connectivity index (χ4v) is 8.01. The van der Waals surface area contributed by atoms with Crippen LogP contribution in [0.5, 0.6) is 0 Å². The number of aromatic nitrogens is 1. The van der Waals surface area contributed by atoms with Crippen LogP contribution in [0.25, 0.3) is 31.5 Å². The molecular weight excluding hydrogens is 723 g/mol. The van der Waals surface area contributed by atoms with Gasteiger partial charge in [0.1, 0.15) is 0 Å². The van der Waals surface area contributed by atoms with E-state index in [4.69, 9.17) is 9.47 Å². The van der Waals surface area contributed by atoms with E-state index < -0.39 is 70.1 Å². The molecule has 3 aliphatic rings. The highest BCUT2D eigenvalue weighted by atomic mass is 32.1. The van der Waals surface area contributed by atoms with Crippen molar-refractivity contribution in [3.05, 3.63) is 64.2 Å². The minimum Gasteiger partial charge on any atom is -0.867 e. The van der Waals surface area contributed by atoms with Gasteiger partial charge in [0.05, 0.1) is 12.2 Å². The first-order chi connectivity index (χ1) is 22.7. The van der Waals surface area contributed by atoms with Gasteiger partial charge in [0, 0.05) is 55.1 Å². The van der Waals surface area contributed by atoms with E-state index in [9.17, 15) is 58.2 Å². The van der Waals surface area contributed by atoms with Gasteiger partial charge in [0.15, 0.2) is 24.5 Å². The lowest BCUT2D eigenvalue weighted by molar-refractivity contribution is -0.582. The summed E-state index contributed by atoms with van der Waals surface area (Å²) in [5, 5.41) is 12.0. The molecule has 0 radical (unpaired) electrons. The summed E-state index contributed by atoms with van der Waals surface area (Å²) in [6, 6.07) is 4.95. The lowest BCUT2D eigenvalue weighted by atomic mass is 10.0. The number of ether oxygens (including phenoxy) is 2. The van der Waals surface area contributed by atoms with Crippen molar-refractivity contribution < 1.29 is 72.2 Å². The number of allylic oxidation sites excluding steroid dienone is 4. The van der Waals surface area contributed by atoms with Gasteiger partial charge in [0.2, 0.25) is 0 Å². The number of thiophene rings is 2. The summed E-state index contributed by atoms with van der Waals surface area (Å²) in [6.45, 7) is 1.78. The number of alkyl halides is 10. The van der Waals surface area contributed by atoms with Crippen molar-refractivity contribution in [3.8, 4) is 20.2 Å². The first-order valence-corrected chi connectivity index (χ1v) is 16.1. The van der Waals surface area contributed by atoms with Crippen LogP contribution in [0.15, 0.2) is 48.2 Å². The smallest absolute Gasteiger partial charge is 0.383 e. The maximum absolute atomic E-state index is 14.6. The first-order valence-electron chi connectivity index (χ1n) is 14.5. The van der Waals surface area contributed by atoms with Gasteiger partial charge in [-0.1, -0.05) is 0 Å². The summed E-state index contributed by atoms with van der Waals surface area (Å²) in [5.41, 5.74) is -3.53. The highest BCUT2D eigenvalue weighted by molar-refractivity contribution is 7.24. The number of aryl methyl sites for hydroxylation is 1. The van der Waals surface area contributed by atoms with Gasteiger partial charge in [-0.05, 0) is 50.3 Å². The zero-order valence-corrected chi connectivity index (χ0v) is 26.5. The minimum absolute atomic E-state index is 0.106. The molecule has 18 heteroatoms. The standard InChI is InChI=1S/C31H22F11NO4S2/c1-14-17(21-24(32)28(35,36)31(41,42)27(21,33)34)13-19(48-14)18-12-16(7-11-47-20-4-2-3-10-46-20)23(49-18)15-5-8-43(9-6-15)22-25(44)29(37,38)30(39,40)26(22)45/h5-6,8-9,12-13,20H,2-4,7,10-11H2,1H3. The third-order valence-corrected chi connectivity index (χ3v) is 10.9. The zero-order chi connectivity index (χ0) is 35.9. The van der Waals surface area contributed by atoms with Crippen molar-refractivity contribution in [2.45, 2.75) is 68.5 Å². The van der Waals surface area contributed by atoms with Crippen LogP contribution in [0, 0.1) is 6.92 Å². The Bertz CT molecular complexity index is 1870. The van der Waals surface area contributed by atoms with Crippen LogP contribution in [0.1, 0.15) is 35.3 Å². The molecule has 1 unspecified atom stereocenters. The molecule has 49 heavy (non-hydrogen) atoms. The Hall–Kier alpha value is -3.35. The van der Waals surface area contributed by atoms with E-state index in [0.29, 0.717) is 38.5 Å². The van der Waals surface area contributed by atoms with Crippen molar-refractivity contribution in [2.24, 2.45) is 0 Å². The Balaban J connectivity index is 1.37. The van der Waals surface area contributed by atoms with E-state index in [0.717, 1.165) is 54.0 Å². The second-order valence-electron chi connectivity index (χ2n) is 11.5. The Morgan fingerprint density at radius 3 is 2.12 bits per heavy atom. The lowest BCUT2D eigenvalue weighted by Crippen LogP contribution is -2.48. The van der Waals surface area contributed by atoms with Crippen molar-refractivity contribution >= 4 is 39.7 Å². The van der Waals surface area contributed by atoms with Crippen molar-refractivity contribution in [2.75, 3.05) is 13.2 Å². The van der Waals surface area contributed by atoms with Crippen molar-refractivity contribution in [1.82, 2.24) is 0 Å². The Labute approximate surface area is 277 Å². The fraction of sp³-hybridized carbons (Fsp3) is 0.419. The summed E-state index contributed by atoms with van der Waals surface area (Å²) < 4.78 is 167. The predicted octanol–water partition coefficient (Wildman–Crippen LogP) is 7.81. The molecule has 0 spiro atoms. The van der Waals surface area contributed by atoms with Gasteiger partial charge in [-0.3, -0.25) is 4.79 Å². The SMILES string of the molecule is Cc1sc(-c2cc(CCOC3CCCCO3)c(-c3cc[n+](C4=C([O-])C(F)(F)C(F)(F)C4=O)cc3)s2)cc1C1=C(F)C(F)(F)C(F)(F)C1(F)F. The molecule has 6 rings (SSSR count). The van der Waals surface area contributed by atoms with E-state index in [1.54, 1.807) is 6.07 Å². The molecule has 0 bridgehead atoms. The van der Waals surface area contributed by atoms with Crippen LogP contribution >= 0.6 is 22.7 Å². The maximum Gasteiger partial charge on any atom is 0.383 e. The van der Waals surface area contributed by atoms with Crippen LogP contribution in [-0.4, -0.2) is 54.9 Å². The monoisotopic (exact) mass is 745 g/mol. The molecule has 3 aromatic heterocycles. The van der Waals surface area contributed by atoms with Crippen LogP contribution < -0.4 is 9.67 Å². The minimum atomic E-state index is -6.01. The van der Waals surface area contributed by atoms with Crippen LogP contribution in [0.4, 0.5) is 48.3 Å². The number of rotatable bonds is 8. The summed E-state index contributed by atoms with van der Waals surface area (Å²) in [5.74, 6) is -35.4. The molecule has 0 aromatic carbocycles. The van der Waals surface area contributed by atoms with Gasteiger partial charge in [0.25, 0.3) is 5.70 Å². The van der Waals surface area contributed by atoms with E-state index in [1.165, 1.54) is 19.1 Å². The zero-order valence-electron chi connectivity index (χ0n) is 24.8. The fourth-order valence-electron chi connectivity index (χ4n) is 5.70. The molecule has 1 aliphatic heterocycles. The molecule has 1 fully saturated rings. The number of nitrogens with zero attached hydrogens (tertiary/aromatic N) is 1. The summed E-state index contributed by atoms with van der Waals surface area (Å²) >= 11 is 1.75. The molecule has 0 saturated carbocycles. The van der Waals surface area contributed by atoms with Gasteiger partial charge in [-0.25, -0.2) is 4.39 Å². The summed E-state index contributed by atoms with van der Waals surface area (Å²) in [6.07, 6.45) is 3.98. The molecule has 2 aliphatic carbocycles. The van der Waals surface area contributed by atoms with Crippen molar-refractivity contribution in [1.29, 1.82) is 0 Å². The number of hydrogen-bond acceptors (Lipinski definition) is 6. The third kappa shape index (κ3) is 5.31. The molecule has 3 aromatic rings. The van der Waals surface area contributed by atoms with E-state index in [2.05, 4.69) is 0 Å². The maximum atomic E-state index is 14.6. The molecule has 0 amide bonds. The van der Waals surface area contributed by atoms with Crippen LogP contribution in [0.3, 0.4) is 0 Å². The van der Waals surface area contributed by atoms with E-state index >= 15 is 0 Å². The Kier molecular flexibility index (Phi) is 8.60. The van der Waals surface area contributed by atoms with E-state index in [-0.39, 0.29) is 22.8 Å². The molecule has 1 saturated heterocycles. The number of carbonyl (C=O) groups is 1. The second-order valence-corrected chi connectivity index (χ2v) is 13.8. The molecule has 5 nitrogen and oxygen atoms in total. The number of carbonyl (C=O) groups excluding carboxylic acids is 1. The average molecular weight is 746 g/mol. The molecule has 1 atom stereocenters. The first kappa shape index (κ1) is 35.5. The quantitative estimate of drug-likeness (QED) is 0.175. The lowest BCUT2D eigenvalue weighted by Gasteiger charge is -2.24. The van der Waals surface area contributed by atoms with Crippen molar-refractivity contribution in [3.63, 3.8) is 0 Å². The third-order valence-electron chi connectivity index (χ3n) is 8.39. The predicted molar refractivity (Wildman–Crippen MR) is 152 cm³/mol. The number of hydrogen-bond donors (Lipinski definition) is 0.